The van der Waals surface area contributed by atoms with Gasteiger partial charge < -0.3 is 15.6 Å². The quantitative estimate of drug-likeness (QED) is 0.801. The summed E-state index contributed by atoms with van der Waals surface area (Å²) >= 11 is 0. The minimum atomic E-state index is -0.552. The first kappa shape index (κ1) is 15.4. The van der Waals surface area contributed by atoms with Crippen molar-refractivity contribution >= 4 is 5.69 Å². The summed E-state index contributed by atoms with van der Waals surface area (Å²) in [6.45, 7) is 1.29. The molecule has 0 heterocycles. The van der Waals surface area contributed by atoms with Crippen LogP contribution in [-0.4, -0.2) is 30.7 Å². The Kier molecular flexibility index (Phi) is 5.20. The molecule has 0 saturated carbocycles. The largest absolute Gasteiger partial charge is 0.497 e. The zero-order valence-corrected chi connectivity index (χ0v) is 12.5. The molecule has 0 aromatic heterocycles. The number of rotatable bonds is 6. The normalized spacial score (nSPS) is 12.4. The average Bonchev–Trinajstić information content (AvgIpc) is 2.47. The Morgan fingerprint density at radius 3 is 2.67 bits per heavy atom. The van der Waals surface area contributed by atoms with Crippen molar-refractivity contribution in [2.24, 2.45) is 0 Å². The van der Waals surface area contributed by atoms with Crippen LogP contribution in [0.2, 0.25) is 0 Å². The first-order valence-electron chi connectivity index (χ1n) is 6.93. The van der Waals surface area contributed by atoms with E-state index in [1.165, 1.54) is 0 Å². The van der Waals surface area contributed by atoms with Crippen LogP contribution in [0.15, 0.2) is 48.5 Å². The SMILES string of the molecule is COc1cccc(CN(C)CC(O)c2cccc(N)c2)c1. The molecule has 0 saturated heterocycles. The van der Waals surface area contributed by atoms with Gasteiger partial charge in [-0.25, -0.2) is 0 Å². The number of hydrogen-bond donors (Lipinski definition) is 2. The van der Waals surface area contributed by atoms with Crippen molar-refractivity contribution in [2.75, 3.05) is 26.4 Å². The van der Waals surface area contributed by atoms with Gasteiger partial charge >= 0.3 is 0 Å². The minimum Gasteiger partial charge on any atom is -0.497 e. The first-order chi connectivity index (χ1) is 10.1. The van der Waals surface area contributed by atoms with Gasteiger partial charge in [0.1, 0.15) is 5.75 Å². The van der Waals surface area contributed by atoms with Crippen molar-refractivity contribution in [2.45, 2.75) is 12.6 Å². The van der Waals surface area contributed by atoms with Crippen molar-refractivity contribution in [3.63, 3.8) is 0 Å². The zero-order valence-electron chi connectivity index (χ0n) is 12.5. The summed E-state index contributed by atoms with van der Waals surface area (Å²) < 4.78 is 5.22. The molecular formula is C17H22N2O2. The summed E-state index contributed by atoms with van der Waals surface area (Å²) in [5.74, 6) is 0.845. The predicted molar refractivity (Wildman–Crippen MR) is 85.1 cm³/mol. The molecule has 0 aliphatic rings. The Balaban J connectivity index is 1.96. The number of methoxy groups -OCH3 is 1. The van der Waals surface area contributed by atoms with Crippen molar-refractivity contribution < 1.29 is 9.84 Å². The molecule has 2 aromatic rings. The van der Waals surface area contributed by atoms with E-state index in [0.717, 1.165) is 23.4 Å². The molecule has 0 bridgehead atoms. The molecule has 0 aliphatic heterocycles. The van der Waals surface area contributed by atoms with Gasteiger partial charge in [0.15, 0.2) is 0 Å². The second-order valence-electron chi connectivity index (χ2n) is 5.23. The number of hydrogen-bond acceptors (Lipinski definition) is 4. The van der Waals surface area contributed by atoms with E-state index in [0.29, 0.717) is 12.2 Å². The second-order valence-corrected chi connectivity index (χ2v) is 5.23. The maximum absolute atomic E-state index is 10.3. The van der Waals surface area contributed by atoms with Crippen LogP contribution in [-0.2, 0) is 6.54 Å². The fourth-order valence-corrected chi connectivity index (χ4v) is 2.31. The van der Waals surface area contributed by atoms with Crippen LogP contribution in [0.1, 0.15) is 17.2 Å². The second kappa shape index (κ2) is 7.11. The Morgan fingerprint density at radius 1 is 1.19 bits per heavy atom. The molecule has 0 fully saturated rings. The Bertz CT molecular complexity index is 587. The third-order valence-corrected chi connectivity index (χ3v) is 3.37. The molecule has 4 heteroatoms. The molecule has 0 spiro atoms. The maximum Gasteiger partial charge on any atom is 0.119 e. The summed E-state index contributed by atoms with van der Waals surface area (Å²) in [6, 6.07) is 15.3. The number of likely N-dealkylation sites (N-methyl/N-ethyl adjacent to an activating group) is 1. The smallest absolute Gasteiger partial charge is 0.119 e. The van der Waals surface area contributed by atoms with E-state index in [1.807, 2.05) is 55.6 Å². The van der Waals surface area contributed by atoms with Crippen LogP contribution in [0.25, 0.3) is 0 Å². The van der Waals surface area contributed by atoms with E-state index >= 15 is 0 Å². The van der Waals surface area contributed by atoms with E-state index in [9.17, 15) is 5.11 Å². The number of anilines is 1. The lowest BCUT2D eigenvalue weighted by molar-refractivity contribution is 0.124. The van der Waals surface area contributed by atoms with Crippen molar-refractivity contribution in [1.29, 1.82) is 0 Å². The fourth-order valence-electron chi connectivity index (χ4n) is 2.31. The van der Waals surface area contributed by atoms with Crippen LogP contribution in [0.4, 0.5) is 5.69 Å². The van der Waals surface area contributed by atoms with E-state index in [-0.39, 0.29) is 0 Å². The van der Waals surface area contributed by atoms with Crippen LogP contribution in [0.3, 0.4) is 0 Å². The number of aliphatic hydroxyl groups excluding tert-OH is 1. The minimum absolute atomic E-state index is 0.542. The third kappa shape index (κ3) is 4.48. The van der Waals surface area contributed by atoms with Gasteiger partial charge in [0.05, 0.1) is 13.2 Å². The number of aliphatic hydroxyl groups is 1. The summed E-state index contributed by atoms with van der Waals surface area (Å²) in [6.07, 6.45) is -0.552. The van der Waals surface area contributed by atoms with E-state index in [4.69, 9.17) is 10.5 Å². The van der Waals surface area contributed by atoms with Gasteiger partial charge in [0, 0.05) is 18.8 Å². The van der Waals surface area contributed by atoms with E-state index in [1.54, 1.807) is 7.11 Å². The number of benzene rings is 2. The lowest BCUT2D eigenvalue weighted by atomic mass is 10.1. The van der Waals surface area contributed by atoms with Crippen LogP contribution in [0.5, 0.6) is 5.75 Å². The van der Waals surface area contributed by atoms with Gasteiger partial charge in [-0.1, -0.05) is 24.3 Å². The Hall–Kier alpha value is -2.04. The highest BCUT2D eigenvalue weighted by Gasteiger charge is 2.11. The zero-order chi connectivity index (χ0) is 15.2. The molecule has 1 unspecified atom stereocenters. The van der Waals surface area contributed by atoms with Gasteiger partial charge in [-0.05, 0) is 42.4 Å². The Morgan fingerprint density at radius 2 is 1.95 bits per heavy atom. The number of nitrogens with two attached hydrogens (primary N) is 1. The van der Waals surface area contributed by atoms with Crippen molar-refractivity contribution in [3.05, 3.63) is 59.7 Å². The summed E-state index contributed by atoms with van der Waals surface area (Å²) in [4.78, 5) is 2.07. The molecule has 2 rings (SSSR count). The first-order valence-corrected chi connectivity index (χ1v) is 6.93. The van der Waals surface area contributed by atoms with Gasteiger partial charge in [0.2, 0.25) is 0 Å². The van der Waals surface area contributed by atoms with Gasteiger partial charge in [-0.15, -0.1) is 0 Å². The van der Waals surface area contributed by atoms with Gasteiger partial charge in [0.25, 0.3) is 0 Å². The van der Waals surface area contributed by atoms with Crippen molar-refractivity contribution in [1.82, 2.24) is 4.90 Å². The third-order valence-electron chi connectivity index (χ3n) is 3.37. The fraction of sp³-hybridized carbons (Fsp3) is 0.294. The highest BCUT2D eigenvalue weighted by atomic mass is 16.5. The van der Waals surface area contributed by atoms with Gasteiger partial charge in [-0.3, -0.25) is 4.90 Å². The molecular weight excluding hydrogens is 264 g/mol. The molecule has 2 aromatic carbocycles. The van der Waals surface area contributed by atoms with E-state index < -0.39 is 6.10 Å². The topological polar surface area (TPSA) is 58.7 Å². The average molecular weight is 286 g/mol. The van der Waals surface area contributed by atoms with Crippen molar-refractivity contribution in [3.8, 4) is 5.75 Å². The number of nitrogen functional groups attached to an aromatic ring is 1. The maximum atomic E-state index is 10.3. The monoisotopic (exact) mass is 286 g/mol. The predicted octanol–water partition coefficient (Wildman–Crippen LogP) is 2.44. The molecule has 21 heavy (non-hydrogen) atoms. The molecule has 0 radical (unpaired) electrons. The highest BCUT2D eigenvalue weighted by Crippen LogP contribution is 2.18. The molecule has 1 atom stereocenters. The molecule has 4 nitrogen and oxygen atoms in total. The molecule has 3 N–H and O–H groups in total. The summed E-state index contributed by atoms with van der Waals surface area (Å²) in [5.41, 5.74) is 8.40. The molecule has 0 amide bonds. The lowest BCUT2D eigenvalue weighted by Crippen LogP contribution is -2.24. The molecule has 112 valence electrons. The lowest BCUT2D eigenvalue weighted by Gasteiger charge is -2.21. The number of nitrogens with zero attached hydrogens (tertiary/aromatic N) is 1. The van der Waals surface area contributed by atoms with Crippen LogP contribution < -0.4 is 10.5 Å². The highest BCUT2D eigenvalue weighted by molar-refractivity contribution is 5.41. The Labute approximate surface area is 125 Å². The molecule has 0 aliphatic carbocycles. The van der Waals surface area contributed by atoms with E-state index in [2.05, 4.69) is 4.90 Å². The van der Waals surface area contributed by atoms with Crippen LogP contribution >= 0.6 is 0 Å². The number of ether oxygens (including phenoxy) is 1. The summed E-state index contributed by atoms with van der Waals surface area (Å²) in [7, 11) is 3.64. The van der Waals surface area contributed by atoms with Gasteiger partial charge in [-0.2, -0.15) is 0 Å². The van der Waals surface area contributed by atoms with Crippen LogP contribution in [0, 0.1) is 0 Å². The standard InChI is InChI=1S/C17H22N2O2/c1-19(11-13-5-3-8-16(9-13)21-2)12-17(20)14-6-4-7-15(18)10-14/h3-10,17,20H,11-12,18H2,1-2H3. The summed E-state index contributed by atoms with van der Waals surface area (Å²) in [5, 5.41) is 10.3.